The van der Waals surface area contributed by atoms with E-state index in [9.17, 15) is 13.2 Å². The van der Waals surface area contributed by atoms with Crippen molar-refractivity contribution < 1.29 is 22.7 Å². The molecule has 0 fully saturated rings. The van der Waals surface area contributed by atoms with Gasteiger partial charge in [0.1, 0.15) is 16.3 Å². The average molecular weight is 352 g/mol. The van der Waals surface area contributed by atoms with Gasteiger partial charge in [-0.25, -0.2) is 13.2 Å². The van der Waals surface area contributed by atoms with E-state index in [2.05, 4.69) is 4.72 Å². The number of hydrogen-bond acceptors (Lipinski definition) is 5. The Kier molecular flexibility index (Phi) is 5.18. The Bertz CT molecular complexity index is 855. The maximum absolute atomic E-state index is 12.7. The Morgan fingerprint density at radius 2 is 1.96 bits per heavy atom. The van der Waals surface area contributed by atoms with Crippen molar-refractivity contribution in [2.75, 3.05) is 18.4 Å². The molecule has 0 amide bonds. The van der Waals surface area contributed by atoms with Gasteiger partial charge in [0.25, 0.3) is 10.0 Å². The highest BCUT2D eigenvalue weighted by molar-refractivity contribution is 7.92. The van der Waals surface area contributed by atoms with Crippen molar-refractivity contribution in [1.82, 2.24) is 4.57 Å². The van der Waals surface area contributed by atoms with Crippen LogP contribution in [0.25, 0.3) is 0 Å². The lowest BCUT2D eigenvalue weighted by molar-refractivity contribution is 0.0515. The molecule has 0 radical (unpaired) electrons. The average Bonchev–Trinajstić information content (AvgIpc) is 2.84. The summed E-state index contributed by atoms with van der Waals surface area (Å²) in [5, 5.41) is 0. The van der Waals surface area contributed by atoms with Gasteiger partial charge in [-0.15, -0.1) is 0 Å². The second kappa shape index (κ2) is 6.96. The number of esters is 1. The molecule has 2 rings (SSSR count). The number of carbonyl (C=O) groups excluding carboxylic acids is 1. The largest absolute Gasteiger partial charge is 0.495 e. The predicted octanol–water partition coefficient (Wildman–Crippen LogP) is 2.32. The second-order valence-electron chi connectivity index (χ2n) is 5.06. The van der Waals surface area contributed by atoms with Crippen molar-refractivity contribution in [2.45, 2.75) is 18.7 Å². The van der Waals surface area contributed by atoms with E-state index in [4.69, 9.17) is 9.47 Å². The van der Waals surface area contributed by atoms with Crippen LogP contribution in [0.5, 0.6) is 5.75 Å². The number of nitrogens with one attached hydrogen (secondary N) is 1. The molecule has 0 spiro atoms. The fourth-order valence-electron chi connectivity index (χ4n) is 2.27. The monoisotopic (exact) mass is 352 g/mol. The topological polar surface area (TPSA) is 86.6 Å². The number of sulfonamides is 1. The number of para-hydroxylation sites is 2. The fraction of sp³-hybridized carbons (Fsp3) is 0.312. The highest BCUT2D eigenvalue weighted by Crippen LogP contribution is 2.28. The SMILES string of the molecule is CCOC(=O)c1cc(S(=O)(=O)Nc2ccccc2OC)c(C)n1C. The second-order valence-corrected chi connectivity index (χ2v) is 6.72. The summed E-state index contributed by atoms with van der Waals surface area (Å²) in [7, 11) is -0.812. The number of benzene rings is 1. The summed E-state index contributed by atoms with van der Waals surface area (Å²) in [4.78, 5) is 12.0. The van der Waals surface area contributed by atoms with Gasteiger partial charge in [0.05, 0.1) is 19.4 Å². The predicted molar refractivity (Wildman–Crippen MR) is 89.9 cm³/mol. The molecule has 1 heterocycles. The molecule has 0 aliphatic heterocycles. The lowest BCUT2D eigenvalue weighted by Crippen LogP contribution is -2.14. The minimum atomic E-state index is -3.89. The Morgan fingerprint density at radius 3 is 2.58 bits per heavy atom. The number of nitrogens with zero attached hydrogens (tertiary/aromatic N) is 1. The Balaban J connectivity index is 2.43. The molecule has 24 heavy (non-hydrogen) atoms. The van der Waals surface area contributed by atoms with Gasteiger partial charge in [0, 0.05) is 12.7 Å². The van der Waals surface area contributed by atoms with Gasteiger partial charge in [-0.3, -0.25) is 4.72 Å². The first-order chi connectivity index (χ1) is 11.3. The van der Waals surface area contributed by atoms with Crippen LogP contribution in [0.15, 0.2) is 35.2 Å². The molecular weight excluding hydrogens is 332 g/mol. The molecule has 130 valence electrons. The summed E-state index contributed by atoms with van der Waals surface area (Å²) in [5.74, 6) is -0.165. The molecule has 7 nitrogen and oxygen atoms in total. The summed E-state index contributed by atoms with van der Waals surface area (Å²) in [5.41, 5.74) is 0.927. The van der Waals surface area contributed by atoms with Gasteiger partial charge in [-0.05, 0) is 32.0 Å². The number of anilines is 1. The van der Waals surface area contributed by atoms with Gasteiger partial charge >= 0.3 is 5.97 Å². The molecule has 8 heteroatoms. The Morgan fingerprint density at radius 1 is 1.29 bits per heavy atom. The zero-order valence-electron chi connectivity index (χ0n) is 14.0. The molecule has 1 N–H and O–H groups in total. The van der Waals surface area contributed by atoms with Crippen molar-refractivity contribution in [1.29, 1.82) is 0 Å². The first-order valence-electron chi connectivity index (χ1n) is 7.31. The molecule has 0 unspecified atom stereocenters. The number of hydrogen-bond donors (Lipinski definition) is 1. The molecule has 0 aliphatic carbocycles. The van der Waals surface area contributed by atoms with E-state index in [1.807, 2.05) is 0 Å². The van der Waals surface area contributed by atoms with E-state index < -0.39 is 16.0 Å². The van der Waals surface area contributed by atoms with Crippen LogP contribution in [0.2, 0.25) is 0 Å². The maximum atomic E-state index is 12.7. The number of rotatable bonds is 6. The van der Waals surface area contributed by atoms with Gasteiger partial charge < -0.3 is 14.0 Å². The van der Waals surface area contributed by atoms with Crippen LogP contribution in [-0.2, 0) is 21.8 Å². The fourth-order valence-corrected chi connectivity index (χ4v) is 3.63. The first kappa shape index (κ1) is 17.9. The van der Waals surface area contributed by atoms with Crippen LogP contribution in [0.1, 0.15) is 23.1 Å². The summed E-state index contributed by atoms with van der Waals surface area (Å²) in [6.45, 7) is 3.53. The molecule has 0 atom stereocenters. The first-order valence-corrected chi connectivity index (χ1v) is 8.79. The summed E-state index contributed by atoms with van der Waals surface area (Å²) < 4.78 is 39.5. The number of methoxy groups -OCH3 is 1. The third-order valence-corrected chi connectivity index (χ3v) is 5.10. The van der Waals surface area contributed by atoms with E-state index in [0.29, 0.717) is 17.1 Å². The molecule has 2 aromatic rings. The van der Waals surface area contributed by atoms with Gasteiger partial charge in [-0.2, -0.15) is 0 Å². The molecular formula is C16H20N2O5S. The van der Waals surface area contributed by atoms with Gasteiger partial charge in [0.15, 0.2) is 0 Å². The molecule has 0 saturated carbocycles. The van der Waals surface area contributed by atoms with Crippen LogP contribution in [0.3, 0.4) is 0 Å². The summed E-state index contributed by atoms with van der Waals surface area (Å²) in [6.07, 6.45) is 0. The number of aromatic nitrogens is 1. The summed E-state index contributed by atoms with van der Waals surface area (Å²) in [6, 6.07) is 8.00. The van der Waals surface area contributed by atoms with Gasteiger partial charge in [0.2, 0.25) is 0 Å². The Labute approximate surface area is 141 Å². The zero-order valence-corrected chi connectivity index (χ0v) is 14.8. The third kappa shape index (κ3) is 3.38. The van der Waals surface area contributed by atoms with E-state index in [1.54, 1.807) is 45.2 Å². The highest BCUT2D eigenvalue weighted by atomic mass is 32.2. The van der Waals surface area contributed by atoms with Crippen molar-refractivity contribution in [2.24, 2.45) is 7.05 Å². The van der Waals surface area contributed by atoms with Crippen LogP contribution in [-0.4, -0.2) is 32.7 Å². The molecule has 1 aromatic carbocycles. The van der Waals surface area contributed by atoms with Crippen LogP contribution < -0.4 is 9.46 Å². The van der Waals surface area contributed by atoms with E-state index >= 15 is 0 Å². The molecule has 0 saturated heterocycles. The minimum Gasteiger partial charge on any atom is -0.495 e. The third-order valence-electron chi connectivity index (χ3n) is 3.61. The van der Waals surface area contributed by atoms with Crippen molar-refractivity contribution in [3.05, 3.63) is 41.7 Å². The minimum absolute atomic E-state index is 0.0129. The zero-order chi connectivity index (χ0) is 17.9. The maximum Gasteiger partial charge on any atom is 0.354 e. The van der Waals surface area contributed by atoms with Crippen molar-refractivity contribution in [3.8, 4) is 5.75 Å². The lowest BCUT2D eigenvalue weighted by atomic mass is 10.3. The van der Waals surface area contributed by atoms with Crippen LogP contribution in [0.4, 0.5) is 5.69 Å². The molecule has 0 bridgehead atoms. The van der Waals surface area contributed by atoms with Crippen molar-refractivity contribution in [3.63, 3.8) is 0 Å². The lowest BCUT2D eigenvalue weighted by Gasteiger charge is -2.11. The molecule has 1 aromatic heterocycles. The number of carbonyl (C=O) groups is 1. The standard InChI is InChI=1S/C16H20N2O5S/c1-5-23-16(19)13-10-15(11(2)18(13)3)24(20,21)17-12-8-6-7-9-14(12)22-4/h6-10,17H,5H2,1-4H3. The van der Waals surface area contributed by atoms with Gasteiger partial charge in [-0.1, -0.05) is 12.1 Å². The van der Waals surface area contributed by atoms with E-state index in [1.165, 1.54) is 17.7 Å². The van der Waals surface area contributed by atoms with Crippen molar-refractivity contribution >= 4 is 21.7 Å². The highest BCUT2D eigenvalue weighted by Gasteiger charge is 2.25. The van der Waals surface area contributed by atoms with E-state index in [0.717, 1.165) is 0 Å². The van der Waals surface area contributed by atoms with Crippen LogP contribution in [0, 0.1) is 6.92 Å². The normalized spacial score (nSPS) is 11.2. The Hall–Kier alpha value is -2.48. The molecule has 0 aliphatic rings. The smallest absolute Gasteiger partial charge is 0.354 e. The number of ether oxygens (including phenoxy) is 2. The van der Waals surface area contributed by atoms with Crippen LogP contribution >= 0.6 is 0 Å². The quantitative estimate of drug-likeness (QED) is 0.806. The van der Waals surface area contributed by atoms with E-state index in [-0.39, 0.29) is 17.2 Å². The summed E-state index contributed by atoms with van der Waals surface area (Å²) >= 11 is 0.